The Morgan fingerprint density at radius 1 is 1.03 bits per heavy atom. The lowest BCUT2D eigenvalue weighted by Gasteiger charge is -2.24. The Balaban J connectivity index is 1.45. The number of aryl methyl sites for hydroxylation is 2. The number of hydrogen-bond acceptors (Lipinski definition) is 2. The number of imidazole rings is 1. The highest BCUT2D eigenvalue weighted by Crippen LogP contribution is 2.44. The number of rotatable bonds is 6. The van der Waals surface area contributed by atoms with Crippen molar-refractivity contribution in [1.82, 2.24) is 14.5 Å². The lowest BCUT2D eigenvalue weighted by atomic mass is 9.91. The molecule has 1 saturated heterocycles. The average Bonchev–Trinajstić information content (AvgIpc) is 3.52. The van der Waals surface area contributed by atoms with Crippen molar-refractivity contribution in [3.05, 3.63) is 113 Å². The van der Waals surface area contributed by atoms with Crippen molar-refractivity contribution in [2.45, 2.75) is 31.3 Å². The number of carboxylic acid groups (broad SMARTS) is 1. The van der Waals surface area contributed by atoms with Crippen LogP contribution in [0.1, 0.15) is 35.1 Å². The predicted octanol–water partition coefficient (Wildman–Crippen LogP) is 6.79. The highest BCUT2D eigenvalue weighted by Gasteiger charge is 2.38. The molecule has 178 valence electrons. The Bertz CT molecular complexity index is 1340. The van der Waals surface area contributed by atoms with Gasteiger partial charge in [-0.2, -0.15) is 0 Å². The van der Waals surface area contributed by atoms with Crippen molar-refractivity contribution < 1.29 is 14.3 Å². The monoisotopic (exact) mass is 489 g/mol. The molecule has 35 heavy (non-hydrogen) atoms. The highest BCUT2D eigenvalue weighted by molar-refractivity contribution is 6.31. The SMILES string of the molecule is O=C(O)N1CC(c2ccccc2Cl)CC1c1ccccc1-c1cncn1CCc1ccc(F)cc1. The molecule has 0 saturated carbocycles. The van der Waals surface area contributed by atoms with Crippen LogP contribution in [0.25, 0.3) is 11.3 Å². The summed E-state index contributed by atoms with van der Waals surface area (Å²) in [6, 6.07) is 21.8. The second-order valence-electron chi connectivity index (χ2n) is 8.84. The molecule has 1 N–H and O–H groups in total. The molecule has 5 rings (SSSR count). The molecular weight excluding hydrogens is 465 g/mol. The van der Waals surface area contributed by atoms with Gasteiger partial charge < -0.3 is 14.6 Å². The van der Waals surface area contributed by atoms with Crippen LogP contribution in [0.2, 0.25) is 5.02 Å². The number of carbonyl (C=O) groups is 1. The third-order valence-electron chi connectivity index (χ3n) is 6.75. The minimum atomic E-state index is -0.941. The second-order valence-corrected chi connectivity index (χ2v) is 9.25. The number of likely N-dealkylation sites (tertiary alicyclic amines) is 1. The van der Waals surface area contributed by atoms with Gasteiger partial charge in [0.1, 0.15) is 5.82 Å². The number of amides is 1. The average molecular weight is 490 g/mol. The minimum absolute atomic E-state index is 0.0150. The van der Waals surface area contributed by atoms with Crippen LogP contribution in [0.5, 0.6) is 0 Å². The molecule has 5 nitrogen and oxygen atoms in total. The van der Waals surface area contributed by atoms with Crippen LogP contribution < -0.4 is 0 Å². The van der Waals surface area contributed by atoms with Gasteiger partial charge >= 0.3 is 6.09 Å². The van der Waals surface area contributed by atoms with Gasteiger partial charge in [0.15, 0.2) is 0 Å². The smallest absolute Gasteiger partial charge is 0.407 e. The minimum Gasteiger partial charge on any atom is -0.465 e. The third-order valence-corrected chi connectivity index (χ3v) is 7.10. The van der Waals surface area contributed by atoms with E-state index in [4.69, 9.17) is 11.6 Å². The zero-order valence-electron chi connectivity index (χ0n) is 19.0. The van der Waals surface area contributed by atoms with Gasteiger partial charge in [-0.3, -0.25) is 0 Å². The van der Waals surface area contributed by atoms with E-state index < -0.39 is 6.09 Å². The van der Waals surface area contributed by atoms with Crippen LogP contribution >= 0.6 is 11.6 Å². The fourth-order valence-corrected chi connectivity index (χ4v) is 5.31. The summed E-state index contributed by atoms with van der Waals surface area (Å²) in [5, 5.41) is 10.7. The summed E-state index contributed by atoms with van der Waals surface area (Å²) >= 11 is 6.45. The molecule has 0 bridgehead atoms. The summed E-state index contributed by atoms with van der Waals surface area (Å²) in [5.74, 6) is -0.234. The molecule has 2 heterocycles. The first-order valence-corrected chi connectivity index (χ1v) is 12.0. The molecule has 2 atom stereocenters. The molecule has 1 aliphatic rings. The van der Waals surface area contributed by atoms with Gasteiger partial charge in [-0.05, 0) is 47.7 Å². The topological polar surface area (TPSA) is 58.4 Å². The maximum atomic E-state index is 13.3. The van der Waals surface area contributed by atoms with E-state index in [1.165, 1.54) is 17.0 Å². The molecule has 2 unspecified atom stereocenters. The van der Waals surface area contributed by atoms with E-state index in [0.717, 1.165) is 34.4 Å². The Morgan fingerprint density at radius 2 is 1.74 bits per heavy atom. The first-order valence-electron chi connectivity index (χ1n) is 11.6. The zero-order valence-corrected chi connectivity index (χ0v) is 19.8. The molecule has 7 heteroatoms. The van der Waals surface area contributed by atoms with Crippen molar-refractivity contribution in [2.75, 3.05) is 6.54 Å². The van der Waals surface area contributed by atoms with E-state index in [1.807, 2.05) is 54.7 Å². The first kappa shape index (κ1) is 23.1. The molecule has 3 aromatic carbocycles. The fraction of sp³-hybridized carbons (Fsp3) is 0.214. The molecular formula is C28H25ClFN3O2. The molecule has 4 aromatic rings. The van der Waals surface area contributed by atoms with Crippen molar-refractivity contribution in [2.24, 2.45) is 0 Å². The Labute approximate surface area is 208 Å². The number of nitrogens with zero attached hydrogens (tertiary/aromatic N) is 3. The normalized spacial score (nSPS) is 17.6. The van der Waals surface area contributed by atoms with Crippen molar-refractivity contribution in [3.8, 4) is 11.3 Å². The summed E-state index contributed by atoms with van der Waals surface area (Å²) in [4.78, 5) is 18.1. The van der Waals surface area contributed by atoms with E-state index in [0.29, 0.717) is 24.5 Å². The fourth-order valence-electron chi connectivity index (χ4n) is 5.02. The lowest BCUT2D eigenvalue weighted by Crippen LogP contribution is -2.29. The van der Waals surface area contributed by atoms with Gasteiger partial charge in [-0.15, -0.1) is 0 Å². The van der Waals surface area contributed by atoms with Crippen LogP contribution in [-0.4, -0.2) is 32.2 Å². The molecule has 0 radical (unpaired) electrons. The number of hydrogen-bond donors (Lipinski definition) is 1. The largest absolute Gasteiger partial charge is 0.465 e. The maximum Gasteiger partial charge on any atom is 0.407 e. The van der Waals surface area contributed by atoms with Crippen molar-refractivity contribution in [1.29, 1.82) is 0 Å². The molecule has 0 aliphatic carbocycles. The standard InChI is InChI=1S/C28H25ClFN3O2/c29-25-8-4-3-5-22(25)20-15-26(33(17-20)28(34)35)23-6-1-2-7-24(23)27-16-31-18-32(27)14-13-19-9-11-21(30)12-10-19/h1-12,16,18,20,26H,13-15,17H2,(H,34,35). The van der Waals surface area contributed by atoms with Gasteiger partial charge in [-0.25, -0.2) is 14.2 Å². The Hall–Kier alpha value is -3.64. The van der Waals surface area contributed by atoms with E-state index in [2.05, 4.69) is 9.55 Å². The van der Waals surface area contributed by atoms with Gasteiger partial charge in [0.2, 0.25) is 0 Å². The maximum absolute atomic E-state index is 13.3. The van der Waals surface area contributed by atoms with Crippen LogP contribution in [0.3, 0.4) is 0 Å². The van der Waals surface area contributed by atoms with E-state index in [-0.39, 0.29) is 17.8 Å². The predicted molar refractivity (Wildman–Crippen MR) is 134 cm³/mol. The zero-order chi connectivity index (χ0) is 24.4. The summed E-state index contributed by atoms with van der Waals surface area (Å²) in [7, 11) is 0. The van der Waals surface area contributed by atoms with Gasteiger partial charge in [0.05, 0.1) is 24.3 Å². The van der Waals surface area contributed by atoms with Crippen LogP contribution in [0, 0.1) is 5.82 Å². The second kappa shape index (κ2) is 9.92. The molecule has 1 fully saturated rings. The third kappa shape index (κ3) is 4.80. The van der Waals surface area contributed by atoms with Crippen molar-refractivity contribution in [3.63, 3.8) is 0 Å². The summed E-state index contributed by atoms with van der Waals surface area (Å²) < 4.78 is 15.3. The van der Waals surface area contributed by atoms with Gasteiger partial charge in [0.25, 0.3) is 0 Å². The summed E-state index contributed by atoms with van der Waals surface area (Å²) in [6.07, 6.45) is 4.03. The highest BCUT2D eigenvalue weighted by atomic mass is 35.5. The van der Waals surface area contributed by atoms with E-state index in [1.54, 1.807) is 18.5 Å². The Morgan fingerprint density at radius 3 is 2.49 bits per heavy atom. The first-order chi connectivity index (χ1) is 17.0. The molecule has 0 spiro atoms. The van der Waals surface area contributed by atoms with Crippen molar-refractivity contribution >= 4 is 17.7 Å². The summed E-state index contributed by atoms with van der Waals surface area (Å²) in [6.45, 7) is 1.06. The van der Waals surface area contributed by atoms with E-state index in [9.17, 15) is 14.3 Å². The Kier molecular flexibility index (Phi) is 6.55. The molecule has 1 aromatic heterocycles. The number of aromatic nitrogens is 2. The molecule has 1 aliphatic heterocycles. The number of benzene rings is 3. The lowest BCUT2D eigenvalue weighted by molar-refractivity contribution is 0.140. The van der Waals surface area contributed by atoms with Crippen LogP contribution in [0.15, 0.2) is 85.3 Å². The molecule has 1 amide bonds. The number of halogens is 2. The van der Waals surface area contributed by atoms with Gasteiger partial charge in [0, 0.05) is 29.6 Å². The van der Waals surface area contributed by atoms with Crippen LogP contribution in [0.4, 0.5) is 9.18 Å². The van der Waals surface area contributed by atoms with E-state index >= 15 is 0 Å². The summed E-state index contributed by atoms with van der Waals surface area (Å²) in [5.41, 5.74) is 4.85. The van der Waals surface area contributed by atoms with Gasteiger partial charge in [-0.1, -0.05) is 66.2 Å². The van der Waals surface area contributed by atoms with Crippen LogP contribution in [-0.2, 0) is 13.0 Å². The quantitative estimate of drug-likeness (QED) is 0.324.